The number of hydrogen-bond donors (Lipinski definition) is 0. The number of hydrogen-bond acceptors (Lipinski definition) is 2. The minimum Gasteiger partial charge on any atom is -0.352 e. The van der Waals surface area contributed by atoms with Crippen molar-refractivity contribution in [2.75, 3.05) is 13.2 Å². The highest BCUT2D eigenvalue weighted by Crippen LogP contribution is 2.28. The Hall–Kier alpha value is -0.0800. The summed E-state index contributed by atoms with van der Waals surface area (Å²) in [6.45, 7) is 10.4. The quantitative estimate of drug-likeness (QED) is 0.660. The van der Waals surface area contributed by atoms with E-state index in [1.165, 1.54) is 12.8 Å². The average Bonchev–Trinajstić information content (AvgIpc) is 2.04. The van der Waals surface area contributed by atoms with Gasteiger partial charge in [0.05, 0.1) is 13.2 Å². The molecule has 0 spiro atoms. The zero-order valence-corrected chi connectivity index (χ0v) is 9.30. The van der Waals surface area contributed by atoms with E-state index in [-0.39, 0.29) is 11.7 Å². The third kappa shape index (κ3) is 3.28. The van der Waals surface area contributed by atoms with Crippen LogP contribution in [0.1, 0.15) is 40.5 Å². The van der Waals surface area contributed by atoms with Gasteiger partial charge in [-0.2, -0.15) is 0 Å². The van der Waals surface area contributed by atoms with Gasteiger partial charge in [-0.25, -0.2) is 0 Å². The van der Waals surface area contributed by atoms with Crippen molar-refractivity contribution in [2.45, 2.75) is 46.8 Å². The third-order valence-corrected chi connectivity index (χ3v) is 2.37. The molecule has 2 heteroatoms. The summed E-state index contributed by atoms with van der Waals surface area (Å²) in [6.07, 6.45) is 2.43. The highest BCUT2D eigenvalue weighted by Gasteiger charge is 2.31. The van der Waals surface area contributed by atoms with E-state index in [1.807, 2.05) is 0 Å². The Bertz CT molecular complexity index is 141. The van der Waals surface area contributed by atoms with E-state index in [4.69, 9.17) is 9.47 Å². The molecule has 0 aromatic heterocycles. The average molecular weight is 186 g/mol. The lowest BCUT2D eigenvalue weighted by molar-refractivity contribution is -0.242. The maximum Gasteiger partial charge on any atom is 0.162 e. The molecule has 1 saturated heterocycles. The van der Waals surface area contributed by atoms with Crippen LogP contribution in [-0.2, 0) is 9.47 Å². The van der Waals surface area contributed by atoms with Crippen molar-refractivity contribution in [1.29, 1.82) is 0 Å². The Kier molecular flexibility index (Phi) is 3.74. The largest absolute Gasteiger partial charge is 0.352 e. The van der Waals surface area contributed by atoms with Crippen LogP contribution in [0.3, 0.4) is 0 Å². The fourth-order valence-corrected chi connectivity index (χ4v) is 1.62. The lowest BCUT2D eigenvalue weighted by Gasteiger charge is -2.36. The van der Waals surface area contributed by atoms with E-state index < -0.39 is 0 Å². The van der Waals surface area contributed by atoms with Gasteiger partial charge in [-0.05, 0) is 6.42 Å². The summed E-state index contributed by atoms with van der Waals surface area (Å²) in [7, 11) is 0. The zero-order valence-electron chi connectivity index (χ0n) is 9.30. The molecule has 78 valence electrons. The van der Waals surface area contributed by atoms with Gasteiger partial charge in [0.1, 0.15) is 0 Å². The second-order valence-electron chi connectivity index (χ2n) is 5.02. The highest BCUT2D eigenvalue weighted by atomic mass is 16.7. The Morgan fingerprint density at radius 3 is 2.08 bits per heavy atom. The van der Waals surface area contributed by atoms with Gasteiger partial charge in [0.25, 0.3) is 0 Å². The van der Waals surface area contributed by atoms with Gasteiger partial charge < -0.3 is 9.47 Å². The fourth-order valence-electron chi connectivity index (χ4n) is 1.62. The molecule has 0 aromatic rings. The van der Waals surface area contributed by atoms with E-state index in [2.05, 4.69) is 27.7 Å². The predicted molar refractivity (Wildman–Crippen MR) is 53.5 cm³/mol. The highest BCUT2D eigenvalue weighted by molar-refractivity contribution is 4.71. The molecule has 1 fully saturated rings. The summed E-state index contributed by atoms with van der Waals surface area (Å²) in [6, 6.07) is 0. The Labute approximate surface area is 81.6 Å². The Balaban J connectivity index is 2.30. The van der Waals surface area contributed by atoms with Crippen LogP contribution in [-0.4, -0.2) is 19.5 Å². The third-order valence-electron chi connectivity index (χ3n) is 2.37. The van der Waals surface area contributed by atoms with Crippen molar-refractivity contribution in [2.24, 2.45) is 11.3 Å². The molecular formula is C11H22O2. The molecule has 0 saturated carbocycles. The summed E-state index contributed by atoms with van der Waals surface area (Å²) in [5.74, 6) is 0.614. The fraction of sp³-hybridized carbons (Fsp3) is 1.00. The van der Waals surface area contributed by atoms with Crippen molar-refractivity contribution < 1.29 is 9.47 Å². The molecular weight excluding hydrogens is 164 g/mol. The SMILES string of the molecule is CCCC1COC(C(C)(C)C)OC1. The van der Waals surface area contributed by atoms with Crippen LogP contribution in [0.15, 0.2) is 0 Å². The zero-order chi connectivity index (χ0) is 9.90. The summed E-state index contributed by atoms with van der Waals surface area (Å²) in [5, 5.41) is 0. The summed E-state index contributed by atoms with van der Waals surface area (Å²) in [4.78, 5) is 0. The van der Waals surface area contributed by atoms with E-state index in [1.54, 1.807) is 0 Å². The summed E-state index contributed by atoms with van der Waals surface area (Å²) >= 11 is 0. The van der Waals surface area contributed by atoms with Gasteiger partial charge in [-0.15, -0.1) is 0 Å². The Morgan fingerprint density at radius 2 is 1.69 bits per heavy atom. The Morgan fingerprint density at radius 1 is 1.15 bits per heavy atom. The van der Waals surface area contributed by atoms with Crippen LogP contribution in [0, 0.1) is 11.3 Å². The second-order valence-corrected chi connectivity index (χ2v) is 5.02. The molecule has 0 unspecified atom stereocenters. The van der Waals surface area contributed by atoms with Gasteiger partial charge >= 0.3 is 0 Å². The van der Waals surface area contributed by atoms with Crippen molar-refractivity contribution in [3.63, 3.8) is 0 Å². The molecule has 0 bridgehead atoms. The normalized spacial score (nSPS) is 30.5. The van der Waals surface area contributed by atoms with Crippen molar-refractivity contribution >= 4 is 0 Å². The van der Waals surface area contributed by atoms with Crippen LogP contribution >= 0.6 is 0 Å². The summed E-state index contributed by atoms with van der Waals surface area (Å²) in [5.41, 5.74) is 0.108. The predicted octanol–water partition coefficient (Wildman–Crippen LogP) is 2.82. The maximum atomic E-state index is 5.69. The molecule has 1 heterocycles. The van der Waals surface area contributed by atoms with Crippen molar-refractivity contribution in [3.05, 3.63) is 0 Å². The van der Waals surface area contributed by atoms with Crippen LogP contribution in [0.2, 0.25) is 0 Å². The number of ether oxygens (including phenoxy) is 2. The molecule has 0 N–H and O–H groups in total. The van der Waals surface area contributed by atoms with Gasteiger partial charge in [0, 0.05) is 11.3 Å². The van der Waals surface area contributed by atoms with Crippen LogP contribution in [0.5, 0.6) is 0 Å². The van der Waals surface area contributed by atoms with Gasteiger partial charge in [0.15, 0.2) is 6.29 Å². The molecule has 1 aliphatic rings. The van der Waals surface area contributed by atoms with E-state index in [0.717, 1.165) is 13.2 Å². The second kappa shape index (κ2) is 4.43. The van der Waals surface area contributed by atoms with Crippen LogP contribution in [0.4, 0.5) is 0 Å². The lowest BCUT2D eigenvalue weighted by Crippen LogP contribution is -2.40. The molecule has 0 amide bonds. The molecule has 0 aromatic carbocycles. The first-order chi connectivity index (χ1) is 6.04. The lowest BCUT2D eigenvalue weighted by atomic mass is 9.94. The smallest absolute Gasteiger partial charge is 0.162 e. The van der Waals surface area contributed by atoms with Gasteiger partial charge in [-0.3, -0.25) is 0 Å². The van der Waals surface area contributed by atoms with Crippen molar-refractivity contribution in [1.82, 2.24) is 0 Å². The van der Waals surface area contributed by atoms with Gasteiger partial charge in [-0.1, -0.05) is 34.1 Å². The first kappa shape index (κ1) is 11.0. The van der Waals surface area contributed by atoms with Crippen molar-refractivity contribution in [3.8, 4) is 0 Å². The number of rotatable bonds is 2. The molecule has 0 radical (unpaired) electrons. The standard InChI is InChI=1S/C11H22O2/c1-5-6-9-7-12-10(13-8-9)11(2,3)4/h9-10H,5-8H2,1-4H3. The molecule has 0 aliphatic carbocycles. The monoisotopic (exact) mass is 186 g/mol. The maximum absolute atomic E-state index is 5.69. The minimum atomic E-state index is -0.0133. The topological polar surface area (TPSA) is 18.5 Å². The molecule has 1 aliphatic heterocycles. The van der Waals surface area contributed by atoms with E-state index >= 15 is 0 Å². The molecule has 13 heavy (non-hydrogen) atoms. The first-order valence-corrected chi connectivity index (χ1v) is 5.27. The molecule has 1 rings (SSSR count). The van der Waals surface area contributed by atoms with Gasteiger partial charge in [0.2, 0.25) is 0 Å². The van der Waals surface area contributed by atoms with Crippen LogP contribution in [0.25, 0.3) is 0 Å². The summed E-state index contributed by atoms with van der Waals surface area (Å²) < 4.78 is 11.4. The first-order valence-electron chi connectivity index (χ1n) is 5.27. The van der Waals surface area contributed by atoms with E-state index in [0.29, 0.717) is 5.92 Å². The molecule has 0 atom stereocenters. The van der Waals surface area contributed by atoms with Crippen LogP contribution < -0.4 is 0 Å². The van der Waals surface area contributed by atoms with E-state index in [9.17, 15) is 0 Å². The minimum absolute atomic E-state index is 0.0133. The molecule has 2 nitrogen and oxygen atoms in total.